The molecule has 3 amide bonds. The third-order valence-electron chi connectivity index (χ3n) is 5.10. The van der Waals surface area contributed by atoms with Crippen LogP contribution in [0.15, 0.2) is 27.6 Å². The van der Waals surface area contributed by atoms with Crippen LogP contribution in [0.25, 0.3) is 6.08 Å². The number of amides is 3. The standard InChI is InChI=1S/C23H27N3O6S/c1-5-31-18-8-6-16(12-19(18)30-4)13-20-22(28)26(23(29)33-20)11-10-24-21(27)9-7-17-14(2)25-32-15(17)3/h6,8,12-13H,5,7,9-11H2,1-4H3,(H,24,27)/b20-13-. The minimum Gasteiger partial charge on any atom is -0.493 e. The van der Waals surface area contributed by atoms with Crippen LogP contribution in [0.5, 0.6) is 11.5 Å². The third-order valence-corrected chi connectivity index (χ3v) is 6.01. The molecule has 0 unspecified atom stereocenters. The van der Waals surface area contributed by atoms with Gasteiger partial charge < -0.3 is 19.3 Å². The van der Waals surface area contributed by atoms with Crippen molar-refractivity contribution in [3.05, 3.63) is 45.7 Å². The molecule has 1 N–H and O–H groups in total. The minimum atomic E-state index is -0.386. The Balaban J connectivity index is 1.54. The van der Waals surface area contributed by atoms with Gasteiger partial charge in [0.15, 0.2) is 11.5 Å². The molecule has 1 saturated heterocycles. The van der Waals surface area contributed by atoms with Gasteiger partial charge >= 0.3 is 0 Å². The summed E-state index contributed by atoms with van der Waals surface area (Å²) in [5.74, 6) is 1.30. The summed E-state index contributed by atoms with van der Waals surface area (Å²) in [4.78, 5) is 38.6. The lowest BCUT2D eigenvalue weighted by atomic mass is 10.1. The van der Waals surface area contributed by atoms with Crippen LogP contribution in [0.2, 0.25) is 0 Å². The molecule has 3 rings (SSSR count). The SMILES string of the molecule is CCOc1ccc(/C=C2\SC(=O)N(CCNC(=O)CCc3c(C)noc3C)C2=O)cc1OC. The van der Waals surface area contributed by atoms with E-state index in [1.807, 2.05) is 20.8 Å². The largest absolute Gasteiger partial charge is 0.493 e. The highest BCUT2D eigenvalue weighted by molar-refractivity contribution is 8.18. The summed E-state index contributed by atoms with van der Waals surface area (Å²) in [7, 11) is 1.54. The number of aromatic nitrogens is 1. The van der Waals surface area contributed by atoms with E-state index in [4.69, 9.17) is 14.0 Å². The van der Waals surface area contributed by atoms with Crippen LogP contribution >= 0.6 is 11.8 Å². The van der Waals surface area contributed by atoms with Gasteiger partial charge in [-0.3, -0.25) is 19.3 Å². The van der Waals surface area contributed by atoms with Crippen LogP contribution in [0, 0.1) is 13.8 Å². The van der Waals surface area contributed by atoms with Crippen LogP contribution < -0.4 is 14.8 Å². The summed E-state index contributed by atoms with van der Waals surface area (Å²) >= 11 is 0.872. The first-order chi connectivity index (χ1) is 15.8. The number of benzene rings is 1. The zero-order valence-corrected chi connectivity index (χ0v) is 19.9. The average molecular weight is 474 g/mol. The fourth-order valence-electron chi connectivity index (χ4n) is 3.39. The van der Waals surface area contributed by atoms with Crippen molar-refractivity contribution in [2.45, 2.75) is 33.6 Å². The number of hydrogen-bond acceptors (Lipinski definition) is 8. The minimum absolute atomic E-state index is 0.103. The second-order valence-electron chi connectivity index (χ2n) is 7.33. The molecule has 0 radical (unpaired) electrons. The highest BCUT2D eigenvalue weighted by Gasteiger charge is 2.34. The zero-order chi connectivity index (χ0) is 24.0. The second kappa shape index (κ2) is 11.0. The molecule has 1 aromatic heterocycles. The Kier molecular flexibility index (Phi) is 8.16. The van der Waals surface area contributed by atoms with E-state index in [0.717, 1.165) is 27.9 Å². The number of nitrogens with one attached hydrogen (secondary N) is 1. The van der Waals surface area contributed by atoms with Gasteiger partial charge in [-0.05, 0) is 62.7 Å². The average Bonchev–Trinajstić information content (AvgIpc) is 3.25. The molecule has 0 spiro atoms. The van der Waals surface area contributed by atoms with Crippen molar-refractivity contribution in [1.29, 1.82) is 0 Å². The lowest BCUT2D eigenvalue weighted by molar-refractivity contribution is -0.124. The van der Waals surface area contributed by atoms with Crippen molar-refractivity contribution in [2.75, 3.05) is 26.8 Å². The van der Waals surface area contributed by atoms with E-state index in [1.165, 1.54) is 7.11 Å². The molecule has 176 valence electrons. The number of imide groups is 1. The monoisotopic (exact) mass is 473 g/mol. The highest BCUT2D eigenvalue weighted by Crippen LogP contribution is 2.34. The molecule has 2 heterocycles. The van der Waals surface area contributed by atoms with Gasteiger partial charge in [0.05, 0.1) is 24.3 Å². The molecule has 2 aromatic rings. The van der Waals surface area contributed by atoms with E-state index in [1.54, 1.807) is 24.3 Å². The Morgan fingerprint density at radius 3 is 2.73 bits per heavy atom. The topological polar surface area (TPSA) is 111 Å². The summed E-state index contributed by atoms with van der Waals surface area (Å²) in [6.07, 6.45) is 2.43. The maximum absolute atomic E-state index is 12.7. The van der Waals surface area contributed by atoms with Gasteiger partial charge in [0.25, 0.3) is 11.1 Å². The van der Waals surface area contributed by atoms with Crippen LogP contribution in [-0.2, 0) is 16.0 Å². The Bertz CT molecular complexity index is 1060. The number of carbonyl (C=O) groups is 3. The number of rotatable bonds is 10. The van der Waals surface area contributed by atoms with Crippen molar-refractivity contribution >= 4 is 34.9 Å². The number of aryl methyl sites for hydroxylation is 2. The van der Waals surface area contributed by atoms with Crippen molar-refractivity contribution in [2.24, 2.45) is 0 Å². The molecular weight excluding hydrogens is 446 g/mol. The third kappa shape index (κ3) is 5.95. The van der Waals surface area contributed by atoms with Gasteiger partial charge in [-0.2, -0.15) is 0 Å². The van der Waals surface area contributed by atoms with Gasteiger partial charge in [-0.1, -0.05) is 11.2 Å². The Labute approximate surface area is 196 Å². The molecular formula is C23H27N3O6S. The lowest BCUT2D eigenvalue weighted by Gasteiger charge is -2.13. The van der Waals surface area contributed by atoms with Crippen molar-refractivity contribution in [3.8, 4) is 11.5 Å². The summed E-state index contributed by atoms with van der Waals surface area (Å²) in [5, 5.41) is 6.26. The molecule has 1 aliphatic rings. The van der Waals surface area contributed by atoms with E-state index in [-0.39, 0.29) is 36.6 Å². The molecule has 9 nitrogen and oxygen atoms in total. The quantitative estimate of drug-likeness (QED) is 0.522. The molecule has 0 atom stereocenters. The molecule has 0 saturated carbocycles. The molecule has 1 fully saturated rings. The van der Waals surface area contributed by atoms with Gasteiger partial charge in [-0.25, -0.2) is 0 Å². The van der Waals surface area contributed by atoms with E-state index < -0.39 is 0 Å². The number of methoxy groups -OCH3 is 1. The Hall–Kier alpha value is -3.27. The number of carbonyl (C=O) groups excluding carboxylic acids is 3. The van der Waals surface area contributed by atoms with E-state index in [0.29, 0.717) is 40.8 Å². The number of ether oxygens (including phenoxy) is 2. The van der Waals surface area contributed by atoms with E-state index in [9.17, 15) is 14.4 Å². The predicted octanol–water partition coefficient (Wildman–Crippen LogP) is 3.48. The number of hydrogen-bond donors (Lipinski definition) is 1. The van der Waals surface area contributed by atoms with Gasteiger partial charge in [0.2, 0.25) is 5.91 Å². The second-order valence-corrected chi connectivity index (χ2v) is 8.32. The Morgan fingerprint density at radius 1 is 1.27 bits per heavy atom. The van der Waals surface area contributed by atoms with Crippen LogP contribution in [-0.4, -0.2) is 53.9 Å². The van der Waals surface area contributed by atoms with Gasteiger partial charge in [-0.15, -0.1) is 0 Å². The molecule has 10 heteroatoms. The summed E-state index contributed by atoms with van der Waals surface area (Å²) in [6.45, 7) is 6.31. The summed E-state index contributed by atoms with van der Waals surface area (Å²) < 4.78 is 15.9. The lowest BCUT2D eigenvalue weighted by Crippen LogP contribution is -2.37. The Morgan fingerprint density at radius 2 is 2.06 bits per heavy atom. The summed E-state index contributed by atoms with van der Waals surface area (Å²) in [6, 6.07) is 5.30. The van der Waals surface area contributed by atoms with Crippen LogP contribution in [0.1, 0.15) is 35.9 Å². The van der Waals surface area contributed by atoms with E-state index in [2.05, 4.69) is 10.5 Å². The summed E-state index contributed by atoms with van der Waals surface area (Å²) in [5.41, 5.74) is 2.41. The van der Waals surface area contributed by atoms with Crippen LogP contribution in [0.3, 0.4) is 0 Å². The maximum Gasteiger partial charge on any atom is 0.293 e. The first kappa shape index (κ1) is 24.4. The first-order valence-corrected chi connectivity index (χ1v) is 11.4. The van der Waals surface area contributed by atoms with E-state index >= 15 is 0 Å². The van der Waals surface area contributed by atoms with Crippen LogP contribution in [0.4, 0.5) is 4.79 Å². The zero-order valence-electron chi connectivity index (χ0n) is 19.1. The molecule has 0 bridgehead atoms. The maximum atomic E-state index is 12.7. The molecule has 1 aromatic carbocycles. The fraction of sp³-hybridized carbons (Fsp3) is 0.391. The van der Waals surface area contributed by atoms with Crippen molar-refractivity contribution in [3.63, 3.8) is 0 Å². The molecule has 0 aliphatic carbocycles. The van der Waals surface area contributed by atoms with Crippen molar-refractivity contribution < 1.29 is 28.4 Å². The molecule has 33 heavy (non-hydrogen) atoms. The number of nitrogens with zero attached hydrogens (tertiary/aromatic N) is 2. The normalized spacial score (nSPS) is 14.8. The predicted molar refractivity (Wildman–Crippen MR) is 124 cm³/mol. The van der Waals surface area contributed by atoms with Crippen molar-refractivity contribution in [1.82, 2.24) is 15.4 Å². The first-order valence-electron chi connectivity index (χ1n) is 10.6. The highest BCUT2D eigenvalue weighted by atomic mass is 32.2. The van der Waals surface area contributed by atoms with Gasteiger partial charge in [0.1, 0.15) is 5.76 Å². The molecule has 1 aliphatic heterocycles. The van der Waals surface area contributed by atoms with Gasteiger partial charge in [0, 0.05) is 25.1 Å². The number of thioether (sulfide) groups is 1. The fourth-order valence-corrected chi connectivity index (χ4v) is 4.25. The smallest absolute Gasteiger partial charge is 0.293 e.